The number of carbonyl (C=O) groups is 2. The first kappa shape index (κ1) is 16.3. The molecule has 1 fully saturated rings. The summed E-state index contributed by atoms with van der Waals surface area (Å²) in [6, 6.07) is 13.1. The number of imidazole rings is 1. The molecule has 1 aliphatic rings. The molecule has 1 N–H and O–H groups in total. The van der Waals surface area contributed by atoms with Crippen molar-refractivity contribution in [2.75, 3.05) is 18.0 Å². The zero-order chi connectivity index (χ0) is 17.9. The predicted octanol–water partition coefficient (Wildman–Crippen LogP) is 2.43. The van der Waals surface area contributed by atoms with E-state index in [1.807, 2.05) is 47.1 Å². The van der Waals surface area contributed by atoms with Crippen molar-refractivity contribution in [2.45, 2.75) is 19.3 Å². The van der Waals surface area contributed by atoms with Crippen LogP contribution in [-0.4, -0.2) is 34.3 Å². The number of nitrogens with one attached hydrogen (secondary N) is 1. The van der Waals surface area contributed by atoms with Crippen LogP contribution in [0.25, 0.3) is 5.65 Å². The number of aromatic nitrogens is 2. The fraction of sp³-hybridized carbons (Fsp3) is 0.250. The SMILES string of the molecule is O=C(NCCc1cn2ccccc2n1)c1cccc(N2CCCC2=O)c1. The van der Waals surface area contributed by atoms with Gasteiger partial charge in [-0.25, -0.2) is 4.98 Å². The second-order valence-corrected chi connectivity index (χ2v) is 6.40. The summed E-state index contributed by atoms with van der Waals surface area (Å²) < 4.78 is 1.97. The molecule has 0 aliphatic carbocycles. The van der Waals surface area contributed by atoms with E-state index in [0.717, 1.165) is 30.0 Å². The Hall–Kier alpha value is -3.15. The van der Waals surface area contributed by atoms with E-state index in [2.05, 4.69) is 10.3 Å². The molecular formula is C20H20N4O2. The van der Waals surface area contributed by atoms with E-state index in [-0.39, 0.29) is 11.8 Å². The van der Waals surface area contributed by atoms with Crippen LogP contribution in [0.1, 0.15) is 28.9 Å². The molecular weight excluding hydrogens is 328 g/mol. The molecule has 2 aromatic heterocycles. The highest BCUT2D eigenvalue weighted by Crippen LogP contribution is 2.22. The molecule has 26 heavy (non-hydrogen) atoms. The summed E-state index contributed by atoms with van der Waals surface area (Å²) >= 11 is 0. The number of anilines is 1. The van der Waals surface area contributed by atoms with Crippen LogP contribution in [0.5, 0.6) is 0 Å². The van der Waals surface area contributed by atoms with Gasteiger partial charge in [-0.2, -0.15) is 0 Å². The van der Waals surface area contributed by atoms with Gasteiger partial charge in [-0.15, -0.1) is 0 Å². The van der Waals surface area contributed by atoms with Gasteiger partial charge < -0.3 is 14.6 Å². The highest BCUT2D eigenvalue weighted by molar-refractivity contribution is 5.99. The first-order valence-electron chi connectivity index (χ1n) is 8.82. The predicted molar refractivity (Wildman–Crippen MR) is 99.3 cm³/mol. The Kier molecular flexibility index (Phi) is 4.39. The van der Waals surface area contributed by atoms with Gasteiger partial charge in [0, 0.05) is 49.6 Å². The molecule has 3 aromatic rings. The molecule has 6 nitrogen and oxygen atoms in total. The number of fused-ring (bicyclic) bond motifs is 1. The van der Waals surface area contributed by atoms with Crippen molar-refractivity contribution < 1.29 is 9.59 Å². The molecule has 0 spiro atoms. The summed E-state index contributed by atoms with van der Waals surface area (Å²) in [5, 5.41) is 2.93. The number of benzene rings is 1. The summed E-state index contributed by atoms with van der Waals surface area (Å²) in [6.07, 6.45) is 6.04. The molecule has 0 saturated carbocycles. The smallest absolute Gasteiger partial charge is 0.251 e. The van der Waals surface area contributed by atoms with E-state index < -0.39 is 0 Å². The molecule has 1 saturated heterocycles. The van der Waals surface area contributed by atoms with Crippen molar-refractivity contribution >= 4 is 23.1 Å². The molecule has 0 atom stereocenters. The van der Waals surface area contributed by atoms with Gasteiger partial charge >= 0.3 is 0 Å². The highest BCUT2D eigenvalue weighted by Gasteiger charge is 2.22. The van der Waals surface area contributed by atoms with Crippen LogP contribution < -0.4 is 10.2 Å². The number of rotatable bonds is 5. The monoisotopic (exact) mass is 348 g/mol. The van der Waals surface area contributed by atoms with E-state index in [0.29, 0.717) is 24.9 Å². The lowest BCUT2D eigenvalue weighted by Gasteiger charge is -2.16. The third-order valence-corrected chi connectivity index (χ3v) is 4.57. The Balaban J connectivity index is 1.38. The Morgan fingerprint density at radius 3 is 2.92 bits per heavy atom. The van der Waals surface area contributed by atoms with E-state index >= 15 is 0 Å². The van der Waals surface area contributed by atoms with Crippen LogP contribution in [0.2, 0.25) is 0 Å². The number of carbonyl (C=O) groups excluding carboxylic acids is 2. The molecule has 2 amide bonds. The van der Waals surface area contributed by atoms with Gasteiger partial charge in [0.25, 0.3) is 5.91 Å². The Labute approximate surface area is 151 Å². The van der Waals surface area contributed by atoms with Gasteiger partial charge in [-0.3, -0.25) is 9.59 Å². The van der Waals surface area contributed by atoms with Crippen LogP contribution in [0.4, 0.5) is 5.69 Å². The number of amides is 2. The molecule has 0 bridgehead atoms. The number of hydrogen-bond donors (Lipinski definition) is 1. The fourth-order valence-corrected chi connectivity index (χ4v) is 3.25. The van der Waals surface area contributed by atoms with Crippen LogP contribution in [0.3, 0.4) is 0 Å². The molecule has 132 valence electrons. The Morgan fingerprint density at radius 2 is 2.12 bits per heavy atom. The molecule has 1 aromatic carbocycles. The topological polar surface area (TPSA) is 66.7 Å². The quantitative estimate of drug-likeness (QED) is 0.770. The van der Waals surface area contributed by atoms with Crippen molar-refractivity contribution in [1.29, 1.82) is 0 Å². The van der Waals surface area contributed by atoms with Crippen molar-refractivity contribution in [1.82, 2.24) is 14.7 Å². The van der Waals surface area contributed by atoms with Crippen molar-refractivity contribution in [2.24, 2.45) is 0 Å². The lowest BCUT2D eigenvalue weighted by molar-refractivity contribution is -0.117. The maximum atomic E-state index is 12.4. The summed E-state index contributed by atoms with van der Waals surface area (Å²) in [5.74, 6) is -0.0170. The van der Waals surface area contributed by atoms with Gasteiger partial charge in [0.15, 0.2) is 0 Å². The summed E-state index contributed by atoms with van der Waals surface area (Å²) in [7, 11) is 0. The van der Waals surface area contributed by atoms with Gasteiger partial charge in [0.2, 0.25) is 5.91 Å². The van der Waals surface area contributed by atoms with Gasteiger partial charge in [0.05, 0.1) is 5.69 Å². The van der Waals surface area contributed by atoms with Crippen molar-refractivity contribution in [3.63, 3.8) is 0 Å². The van der Waals surface area contributed by atoms with Crippen molar-refractivity contribution in [3.8, 4) is 0 Å². The summed E-state index contributed by atoms with van der Waals surface area (Å²) in [6.45, 7) is 1.23. The van der Waals surface area contributed by atoms with E-state index in [4.69, 9.17) is 0 Å². The van der Waals surface area contributed by atoms with Gasteiger partial charge in [0.1, 0.15) is 5.65 Å². The van der Waals surface area contributed by atoms with E-state index in [1.165, 1.54) is 0 Å². The first-order valence-corrected chi connectivity index (χ1v) is 8.82. The zero-order valence-electron chi connectivity index (χ0n) is 14.4. The number of pyridine rings is 1. The zero-order valence-corrected chi connectivity index (χ0v) is 14.4. The largest absolute Gasteiger partial charge is 0.352 e. The molecule has 0 unspecified atom stereocenters. The third-order valence-electron chi connectivity index (χ3n) is 4.57. The standard InChI is InChI=1S/C20H20N4O2/c25-19-8-4-12-24(19)17-6-3-5-15(13-17)20(26)21-10-9-16-14-23-11-2-1-7-18(23)22-16/h1-3,5-7,11,13-14H,4,8-10,12H2,(H,21,26). The molecule has 4 rings (SSSR count). The minimum atomic E-state index is -0.137. The van der Waals surface area contributed by atoms with Crippen LogP contribution >= 0.6 is 0 Å². The average molecular weight is 348 g/mol. The minimum absolute atomic E-state index is 0.120. The van der Waals surface area contributed by atoms with Gasteiger partial charge in [-0.05, 0) is 36.8 Å². The number of nitrogens with zero attached hydrogens (tertiary/aromatic N) is 3. The number of hydrogen-bond acceptors (Lipinski definition) is 3. The Morgan fingerprint density at radius 1 is 1.19 bits per heavy atom. The van der Waals surface area contributed by atoms with Crippen molar-refractivity contribution in [3.05, 3.63) is 66.1 Å². The van der Waals surface area contributed by atoms with E-state index in [1.54, 1.807) is 17.0 Å². The Bertz CT molecular complexity index is 930. The summed E-state index contributed by atoms with van der Waals surface area (Å²) in [4.78, 5) is 30.6. The fourth-order valence-electron chi connectivity index (χ4n) is 3.25. The average Bonchev–Trinajstić information content (AvgIpc) is 3.27. The maximum Gasteiger partial charge on any atom is 0.251 e. The second-order valence-electron chi connectivity index (χ2n) is 6.40. The normalized spacial score (nSPS) is 14.2. The lowest BCUT2D eigenvalue weighted by atomic mass is 10.1. The van der Waals surface area contributed by atoms with Crippen LogP contribution in [0.15, 0.2) is 54.9 Å². The van der Waals surface area contributed by atoms with Gasteiger partial charge in [-0.1, -0.05) is 12.1 Å². The highest BCUT2D eigenvalue weighted by atomic mass is 16.2. The minimum Gasteiger partial charge on any atom is -0.352 e. The van der Waals surface area contributed by atoms with Crippen LogP contribution in [0, 0.1) is 0 Å². The first-order chi connectivity index (χ1) is 12.7. The molecule has 1 aliphatic heterocycles. The van der Waals surface area contributed by atoms with E-state index in [9.17, 15) is 9.59 Å². The summed E-state index contributed by atoms with van der Waals surface area (Å²) in [5.41, 5.74) is 3.20. The molecule has 0 radical (unpaired) electrons. The second kappa shape index (κ2) is 7.00. The third kappa shape index (κ3) is 3.31. The molecule has 3 heterocycles. The maximum absolute atomic E-state index is 12.4. The van der Waals surface area contributed by atoms with Crippen LogP contribution in [-0.2, 0) is 11.2 Å². The molecule has 6 heteroatoms. The lowest BCUT2D eigenvalue weighted by Crippen LogP contribution is -2.27.